The number of hydrogen-bond acceptors (Lipinski definition) is 4. The maximum absolute atomic E-state index is 12.4. The van der Waals surface area contributed by atoms with Crippen molar-refractivity contribution in [1.29, 1.82) is 0 Å². The summed E-state index contributed by atoms with van der Waals surface area (Å²) in [4.78, 5) is 40.8. The highest BCUT2D eigenvalue weighted by molar-refractivity contribution is 5.93. The normalized spacial score (nSPS) is 17.9. The Morgan fingerprint density at radius 3 is 2.39 bits per heavy atom. The number of piperazine rings is 1. The fourth-order valence-electron chi connectivity index (χ4n) is 4.45. The number of amides is 3. The molecule has 0 aromatic heterocycles. The van der Waals surface area contributed by atoms with Gasteiger partial charge in [0.05, 0.1) is 13.1 Å². The van der Waals surface area contributed by atoms with Crippen molar-refractivity contribution in [2.45, 2.75) is 52.4 Å². The summed E-state index contributed by atoms with van der Waals surface area (Å²) in [6.07, 6.45) is 6.49. The Morgan fingerprint density at radius 1 is 0.968 bits per heavy atom. The molecule has 2 fully saturated rings. The van der Waals surface area contributed by atoms with Crippen LogP contribution in [0.1, 0.15) is 49.7 Å². The summed E-state index contributed by atoms with van der Waals surface area (Å²) in [6, 6.07) is 5.88. The smallest absolute Gasteiger partial charge is 0.242 e. The molecule has 170 valence electrons. The number of nitrogens with zero attached hydrogens (tertiary/aromatic N) is 2. The zero-order valence-corrected chi connectivity index (χ0v) is 18.9. The van der Waals surface area contributed by atoms with Crippen LogP contribution in [0, 0.1) is 19.8 Å². The number of anilines is 1. The Hall–Kier alpha value is -2.41. The zero-order chi connectivity index (χ0) is 22.2. The summed E-state index contributed by atoms with van der Waals surface area (Å²) >= 11 is 0. The van der Waals surface area contributed by atoms with E-state index in [4.69, 9.17) is 0 Å². The van der Waals surface area contributed by atoms with Crippen molar-refractivity contribution in [2.75, 3.05) is 44.6 Å². The second kappa shape index (κ2) is 11.3. The largest absolute Gasteiger partial charge is 0.347 e. The number of carbonyl (C=O) groups is 3. The van der Waals surface area contributed by atoms with Crippen LogP contribution < -0.4 is 10.6 Å². The Kier molecular flexibility index (Phi) is 8.46. The minimum absolute atomic E-state index is 0.0120. The number of aryl methyl sites for hydroxylation is 1. The number of carbonyl (C=O) groups excluding carboxylic acids is 3. The van der Waals surface area contributed by atoms with Gasteiger partial charge in [0.2, 0.25) is 17.7 Å². The van der Waals surface area contributed by atoms with Crippen molar-refractivity contribution in [3.63, 3.8) is 0 Å². The quantitative estimate of drug-likeness (QED) is 0.699. The first-order valence-electron chi connectivity index (χ1n) is 11.6. The van der Waals surface area contributed by atoms with Gasteiger partial charge < -0.3 is 15.5 Å². The molecule has 7 heteroatoms. The molecule has 31 heavy (non-hydrogen) atoms. The second-order valence-corrected chi connectivity index (χ2v) is 8.94. The van der Waals surface area contributed by atoms with Gasteiger partial charge in [0.15, 0.2) is 0 Å². The molecule has 7 nitrogen and oxygen atoms in total. The molecule has 1 saturated heterocycles. The van der Waals surface area contributed by atoms with Crippen LogP contribution in [0.2, 0.25) is 0 Å². The van der Waals surface area contributed by atoms with E-state index in [-0.39, 0.29) is 24.3 Å². The Balaban J connectivity index is 1.34. The molecule has 1 aromatic rings. The van der Waals surface area contributed by atoms with Gasteiger partial charge in [-0.2, -0.15) is 0 Å². The van der Waals surface area contributed by atoms with Gasteiger partial charge in [-0.15, -0.1) is 0 Å². The van der Waals surface area contributed by atoms with Crippen LogP contribution in [0.25, 0.3) is 0 Å². The van der Waals surface area contributed by atoms with Crippen LogP contribution in [0.4, 0.5) is 5.69 Å². The van der Waals surface area contributed by atoms with E-state index in [1.807, 2.05) is 32.0 Å². The van der Waals surface area contributed by atoms with Gasteiger partial charge in [-0.25, -0.2) is 0 Å². The molecule has 2 aliphatic rings. The minimum atomic E-state index is -0.0449. The molecule has 3 amide bonds. The van der Waals surface area contributed by atoms with Crippen LogP contribution in [0.5, 0.6) is 0 Å². The molecule has 0 radical (unpaired) electrons. The molecule has 0 atom stereocenters. The van der Waals surface area contributed by atoms with Gasteiger partial charge in [-0.1, -0.05) is 31.4 Å². The summed E-state index contributed by atoms with van der Waals surface area (Å²) < 4.78 is 0. The summed E-state index contributed by atoms with van der Waals surface area (Å²) in [7, 11) is 0. The third kappa shape index (κ3) is 7.06. The van der Waals surface area contributed by atoms with E-state index in [0.29, 0.717) is 45.1 Å². The van der Waals surface area contributed by atoms with Gasteiger partial charge in [-0.05, 0) is 49.8 Å². The first-order chi connectivity index (χ1) is 14.9. The lowest BCUT2D eigenvalue weighted by atomic mass is 9.87. The van der Waals surface area contributed by atoms with Crippen molar-refractivity contribution >= 4 is 23.4 Å². The van der Waals surface area contributed by atoms with E-state index in [1.165, 1.54) is 19.3 Å². The number of nitrogens with one attached hydrogen (secondary N) is 2. The molecular weight excluding hydrogens is 392 g/mol. The van der Waals surface area contributed by atoms with Gasteiger partial charge in [-0.3, -0.25) is 19.3 Å². The van der Waals surface area contributed by atoms with Crippen molar-refractivity contribution < 1.29 is 14.4 Å². The topological polar surface area (TPSA) is 81.8 Å². The fraction of sp³-hybridized carbons (Fsp3) is 0.625. The van der Waals surface area contributed by atoms with Gasteiger partial charge in [0.25, 0.3) is 0 Å². The zero-order valence-electron chi connectivity index (χ0n) is 18.9. The first kappa shape index (κ1) is 23.3. The molecule has 0 bridgehead atoms. The van der Waals surface area contributed by atoms with Gasteiger partial charge in [0.1, 0.15) is 0 Å². The summed E-state index contributed by atoms with van der Waals surface area (Å²) in [5, 5.41) is 5.79. The third-order valence-electron chi connectivity index (χ3n) is 6.61. The highest BCUT2D eigenvalue weighted by Crippen LogP contribution is 2.26. The Labute approximate surface area is 185 Å². The average molecular weight is 429 g/mol. The first-order valence-corrected chi connectivity index (χ1v) is 11.6. The molecular formula is C24H36N4O3. The van der Waals surface area contributed by atoms with Crippen LogP contribution in [0.15, 0.2) is 18.2 Å². The van der Waals surface area contributed by atoms with E-state index in [2.05, 4.69) is 15.5 Å². The van der Waals surface area contributed by atoms with Crippen LogP contribution in [-0.4, -0.2) is 66.8 Å². The van der Waals surface area contributed by atoms with E-state index in [9.17, 15) is 14.4 Å². The van der Waals surface area contributed by atoms with Gasteiger partial charge >= 0.3 is 0 Å². The molecule has 3 rings (SSSR count). The van der Waals surface area contributed by atoms with Crippen LogP contribution in [-0.2, 0) is 14.4 Å². The predicted octanol–water partition coefficient (Wildman–Crippen LogP) is 2.47. The number of benzene rings is 1. The highest BCUT2D eigenvalue weighted by atomic mass is 16.2. The third-order valence-corrected chi connectivity index (χ3v) is 6.61. The molecule has 1 aliphatic carbocycles. The van der Waals surface area contributed by atoms with Crippen LogP contribution >= 0.6 is 0 Å². The van der Waals surface area contributed by atoms with E-state index in [1.54, 1.807) is 4.90 Å². The summed E-state index contributed by atoms with van der Waals surface area (Å²) in [5.41, 5.74) is 3.08. The molecule has 0 spiro atoms. The van der Waals surface area contributed by atoms with E-state index >= 15 is 0 Å². The van der Waals surface area contributed by atoms with Crippen molar-refractivity contribution in [3.05, 3.63) is 29.3 Å². The average Bonchev–Trinajstić information content (AvgIpc) is 2.76. The lowest BCUT2D eigenvalue weighted by Crippen LogP contribution is -2.52. The fourth-order valence-corrected chi connectivity index (χ4v) is 4.45. The lowest BCUT2D eigenvalue weighted by molar-refractivity contribution is -0.134. The Morgan fingerprint density at radius 2 is 1.68 bits per heavy atom. The maximum atomic E-state index is 12.4. The van der Waals surface area contributed by atoms with Gasteiger partial charge in [0, 0.05) is 38.3 Å². The Bertz CT molecular complexity index is 781. The predicted molar refractivity (Wildman–Crippen MR) is 122 cm³/mol. The van der Waals surface area contributed by atoms with E-state index < -0.39 is 0 Å². The van der Waals surface area contributed by atoms with Crippen molar-refractivity contribution in [1.82, 2.24) is 15.1 Å². The molecule has 1 heterocycles. The molecule has 1 aliphatic heterocycles. The molecule has 2 N–H and O–H groups in total. The summed E-state index contributed by atoms with van der Waals surface area (Å²) in [6.45, 7) is 6.88. The highest BCUT2D eigenvalue weighted by Gasteiger charge is 2.23. The summed E-state index contributed by atoms with van der Waals surface area (Å²) in [5.74, 6) is 0.379. The molecule has 0 unspecified atom stereocenters. The lowest BCUT2D eigenvalue weighted by Gasteiger charge is -2.34. The minimum Gasteiger partial charge on any atom is -0.347 e. The maximum Gasteiger partial charge on any atom is 0.242 e. The number of hydrogen-bond donors (Lipinski definition) is 2. The van der Waals surface area contributed by atoms with Crippen LogP contribution in [0.3, 0.4) is 0 Å². The number of rotatable bonds is 7. The van der Waals surface area contributed by atoms with E-state index in [0.717, 1.165) is 29.7 Å². The molecule has 1 aromatic carbocycles. The van der Waals surface area contributed by atoms with Crippen molar-refractivity contribution in [3.8, 4) is 0 Å². The molecule has 1 saturated carbocycles. The van der Waals surface area contributed by atoms with Crippen molar-refractivity contribution in [2.24, 2.45) is 5.92 Å². The second-order valence-electron chi connectivity index (χ2n) is 8.94. The SMILES string of the molecule is Cc1cccc(NC(=O)CN2CCN(C(=O)CNC(=O)CC3CCCCC3)CC2)c1C. The monoisotopic (exact) mass is 428 g/mol. The standard InChI is InChI=1S/C24H36N4O3/c1-18-7-6-10-21(19(18)2)26-23(30)17-27-11-13-28(14-12-27)24(31)16-25-22(29)15-20-8-4-3-5-9-20/h6-7,10,20H,3-5,8-9,11-17H2,1-2H3,(H,25,29)(H,26,30).